The lowest BCUT2D eigenvalue weighted by Gasteiger charge is -2.15. The molecule has 0 aliphatic heterocycles. The number of nitrogens with two attached hydrogens (primary N) is 1. The van der Waals surface area contributed by atoms with Crippen LogP contribution in [0.3, 0.4) is 0 Å². The number of amides is 1. The normalized spacial score (nSPS) is 12.2. The minimum atomic E-state index is -0.455. The summed E-state index contributed by atoms with van der Waals surface area (Å²) in [6.07, 6.45) is 0. The third-order valence-corrected chi connectivity index (χ3v) is 4.69. The van der Waals surface area contributed by atoms with Gasteiger partial charge in [0.1, 0.15) is 6.04 Å². The molecule has 0 fully saturated rings. The fourth-order valence-corrected chi connectivity index (χ4v) is 2.50. The molecule has 1 aromatic heterocycles. The van der Waals surface area contributed by atoms with Gasteiger partial charge in [-0.25, -0.2) is 0 Å². The van der Waals surface area contributed by atoms with E-state index in [0.717, 1.165) is 15.9 Å². The van der Waals surface area contributed by atoms with E-state index in [1.54, 1.807) is 29.8 Å². The average Bonchev–Trinajstić information content (AvgIpc) is 2.68. The molecule has 0 bridgehead atoms. The summed E-state index contributed by atoms with van der Waals surface area (Å²) in [6.45, 7) is 5.57. The molecule has 112 valence electrons. The molecule has 0 saturated heterocycles. The topological polar surface area (TPSA) is 72.9 Å². The summed E-state index contributed by atoms with van der Waals surface area (Å²) in [5.41, 5.74) is 8.46. The fraction of sp³-hybridized carbons (Fsp3) is 0.286. The molecular formula is C14H16BrClN4O. The van der Waals surface area contributed by atoms with E-state index in [4.69, 9.17) is 17.3 Å². The molecular weight excluding hydrogens is 356 g/mol. The van der Waals surface area contributed by atoms with Crippen molar-refractivity contribution in [3.8, 4) is 0 Å². The maximum absolute atomic E-state index is 12.3. The number of aromatic nitrogens is 2. The first-order chi connectivity index (χ1) is 9.81. The number of hydrogen-bond donors (Lipinski definition) is 2. The molecule has 0 aliphatic carbocycles. The summed E-state index contributed by atoms with van der Waals surface area (Å²) in [5, 5.41) is 7.56. The zero-order valence-corrected chi connectivity index (χ0v) is 14.3. The number of hydrogen-bond acceptors (Lipinski definition) is 3. The Bertz CT molecular complexity index is 699. The van der Waals surface area contributed by atoms with Gasteiger partial charge >= 0.3 is 0 Å². The third-order valence-electron chi connectivity index (χ3n) is 3.23. The van der Waals surface area contributed by atoms with E-state index >= 15 is 0 Å². The molecule has 1 atom stereocenters. The standard InChI is InChI=1S/C14H16BrClN4O/c1-7-13(15)8(2)20(19-7)9(3)14(21)18-12-5-4-10(17)6-11(12)16/h4-6,9H,17H2,1-3H3,(H,18,21). The number of nitrogens with one attached hydrogen (secondary N) is 1. The van der Waals surface area contributed by atoms with Crippen LogP contribution in [0, 0.1) is 13.8 Å². The molecule has 1 unspecified atom stereocenters. The van der Waals surface area contributed by atoms with Gasteiger partial charge in [0.25, 0.3) is 0 Å². The highest BCUT2D eigenvalue weighted by atomic mass is 79.9. The van der Waals surface area contributed by atoms with Gasteiger partial charge in [0.2, 0.25) is 5.91 Å². The van der Waals surface area contributed by atoms with Crippen LogP contribution >= 0.6 is 27.5 Å². The van der Waals surface area contributed by atoms with Crippen LogP contribution < -0.4 is 11.1 Å². The zero-order chi connectivity index (χ0) is 15.7. The van der Waals surface area contributed by atoms with Crippen LogP contribution in [0.4, 0.5) is 11.4 Å². The predicted molar refractivity (Wildman–Crippen MR) is 88.6 cm³/mol. The Labute approximate surface area is 136 Å². The molecule has 2 aromatic rings. The summed E-state index contributed by atoms with van der Waals surface area (Å²) in [5.74, 6) is -0.195. The Morgan fingerprint density at radius 2 is 2.14 bits per heavy atom. The number of anilines is 2. The highest BCUT2D eigenvalue weighted by Gasteiger charge is 2.21. The van der Waals surface area contributed by atoms with E-state index in [1.165, 1.54) is 0 Å². The van der Waals surface area contributed by atoms with Gasteiger partial charge in [-0.15, -0.1) is 0 Å². The number of aryl methyl sites for hydroxylation is 1. The monoisotopic (exact) mass is 370 g/mol. The quantitative estimate of drug-likeness (QED) is 0.808. The third kappa shape index (κ3) is 3.22. The molecule has 5 nitrogen and oxygen atoms in total. The molecule has 7 heteroatoms. The molecule has 1 aromatic carbocycles. The Hall–Kier alpha value is -1.53. The smallest absolute Gasteiger partial charge is 0.248 e. The minimum absolute atomic E-state index is 0.195. The molecule has 0 aliphatic rings. The second-order valence-corrected chi connectivity index (χ2v) is 6.03. The van der Waals surface area contributed by atoms with Crippen molar-refractivity contribution < 1.29 is 4.79 Å². The van der Waals surface area contributed by atoms with E-state index in [0.29, 0.717) is 16.4 Å². The van der Waals surface area contributed by atoms with Crippen LogP contribution in [0.2, 0.25) is 5.02 Å². The predicted octanol–water partition coefficient (Wildman–Crippen LogP) is 3.70. The van der Waals surface area contributed by atoms with Gasteiger partial charge in [-0.3, -0.25) is 9.48 Å². The van der Waals surface area contributed by atoms with Gasteiger partial charge in [0, 0.05) is 5.69 Å². The van der Waals surface area contributed by atoms with Crippen molar-refractivity contribution >= 4 is 44.8 Å². The van der Waals surface area contributed by atoms with Crippen LogP contribution in [-0.4, -0.2) is 15.7 Å². The van der Waals surface area contributed by atoms with Crippen LogP contribution in [0.1, 0.15) is 24.4 Å². The Kier molecular flexibility index (Phi) is 4.58. The highest BCUT2D eigenvalue weighted by Crippen LogP contribution is 2.26. The van der Waals surface area contributed by atoms with Gasteiger partial charge in [0.15, 0.2) is 0 Å². The van der Waals surface area contributed by atoms with Gasteiger partial charge in [-0.05, 0) is 54.9 Å². The maximum atomic E-state index is 12.3. The lowest BCUT2D eigenvalue weighted by atomic mass is 10.2. The Morgan fingerprint density at radius 1 is 1.48 bits per heavy atom. The molecule has 2 rings (SSSR count). The van der Waals surface area contributed by atoms with Crippen molar-refractivity contribution in [1.82, 2.24) is 9.78 Å². The van der Waals surface area contributed by atoms with E-state index in [2.05, 4.69) is 26.3 Å². The average molecular weight is 372 g/mol. The van der Waals surface area contributed by atoms with Crippen LogP contribution in [0.15, 0.2) is 22.7 Å². The molecule has 0 radical (unpaired) electrons. The number of rotatable bonds is 3. The Balaban J connectivity index is 2.21. The second-order valence-electron chi connectivity index (χ2n) is 4.83. The lowest BCUT2D eigenvalue weighted by molar-refractivity contribution is -0.119. The number of nitrogens with zero attached hydrogens (tertiary/aromatic N) is 2. The largest absolute Gasteiger partial charge is 0.399 e. The van der Waals surface area contributed by atoms with Crippen LogP contribution in [0.5, 0.6) is 0 Å². The molecule has 3 N–H and O–H groups in total. The molecule has 0 spiro atoms. The first-order valence-electron chi connectivity index (χ1n) is 6.38. The van der Waals surface area contributed by atoms with Crippen molar-refractivity contribution in [3.05, 3.63) is 39.1 Å². The maximum Gasteiger partial charge on any atom is 0.248 e. The number of carbonyl (C=O) groups is 1. The highest BCUT2D eigenvalue weighted by molar-refractivity contribution is 9.10. The van der Waals surface area contributed by atoms with Gasteiger partial charge in [-0.2, -0.15) is 5.10 Å². The van der Waals surface area contributed by atoms with Crippen molar-refractivity contribution in [1.29, 1.82) is 0 Å². The summed E-state index contributed by atoms with van der Waals surface area (Å²) in [6, 6.07) is 4.51. The number of nitrogen functional groups attached to an aromatic ring is 1. The lowest BCUT2D eigenvalue weighted by Crippen LogP contribution is -2.25. The van der Waals surface area contributed by atoms with Gasteiger partial charge in [0.05, 0.1) is 26.6 Å². The van der Waals surface area contributed by atoms with E-state index in [9.17, 15) is 4.79 Å². The summed E-state index contributed by atoms with van der Waals surface area (Å²) in [7, 11) is 0. The first kappa shape index (κ1) is 15.9. The van der Waals surface area contributed by atoms with Crippen molar-refractivity contribution in [2.24, 2.45) is 0 Å². The van der Waals surface area contributed by atoms with Crippen molar-refractivity contribution in [2.45, 2.75) is 26.8 Å². The van der Waals surface area contributed by atoms with Gasteiger partial charge < -0.3 is 11.1 Å². The zero-order valence-electron chi connectivity index (χ0n) is 11.9. The van der Waals surface area contributed by atoms with Crippen LogP contribution in [0.25, 0.3) is 0 Å². The molecule has 1 amide bonds. The van der Waals surface area contributed by atoms with E-state index < -0.39 is 6.04 Å². The van der Waals surface area contributed by atoms with Crippen LogP contribution in [-0.2, 0) is 4.79 Å². The number of carbonyl (C=O) groups excluding carboxylic acids is 1. The minimum Gasteiger partial charge on any atom is -0.399 e. The molecule has 21 heavy (non-hydrogen) atoms. The Morgan fingerprint density at radius 3 is 2.67 bits per heavy atom. The first-order valence-corrected chi connectivity index (χ1v) is 7.55. The number of halogens is 2. The fourth-order valence-electron chi connectivity index (χ4n) is 2.00. The van der Waals surface area contributed by atoms with Gasteiger partial charge in [-0.1, -0.05) is 11.6 Å². The SMILES string of the molecule is Cc1nn(C(C)C(=O)Nc2ccc(N)cc2Cl)c(C)c1Br. The van der Waals surface area contributed by atoms with Crippen molar-refractivity contribution in [2.75, 3.05) is 11.1 Å². The molecule has 0 saturated carbocycles. The van der Waals surface area contributed by atoms with Crippen molar-refractivity contribution in [3.63, 3.8) is 0 Å². The van der Waals surface area contributed by atoms with E-state index in [-0.39, 0.29) is 5.91 Å². The number of benzene rings is 1. The summed E-state index contributed by atoms with van der Waals surface area (Å²) in [4.78, 5) is 12.3. The summed E-state index contributed by atoms with van der Waals surface area (Å²) < 4.78 is 2.59. The second kappa shape index (κ2) is 6.07. The summed E-state index contributed by atoms with van der Waals surface area (Å²) >= 11 is 9.51. The van der Waals surface area contributed by atoms with E-state index in [1.807, 2.05) is 13.8 Å². The molecule has 1 heterocycles.